The molecule has 2 heterocycles. The molecule has 0 spiro atoms. The highest BCUT2D eigenvalue weighted by Crippen LogP contribution is 2.39. The summed E-state index contributed by atoms with van der Waals surface area (Å²) in [7, 11) is 1.67. The highest BCUT2D eigenvalue weighted by Gasteiger charge is 2.30. The van der Waals surface area contributed by atoms with Crippen molar-refractivity contribution in [3.05, 3.63) is 23.0 Å². The molecule has 0 unspecified atom stereocenters. The summed E-state index contributed by atoms with van der Waals surface area (Å²) in [6, 6.07) is 0. The van der Waals surface area contributed by atoms with Crippen molar-refractivity contribution < 1.29 is 14.3 Å². The van der Waals surface area contributed by atoms with Gasteiger partial charge in [0.1, 0.15) is 10.7 Å². The molecule has 3 rings (SSSR count). The monoisotopic (exact) mass is 408 g/mol. The average molecular weight is 409 g/mol. The van der Waals surface area contributed by atoms with E-state index < -0.39 is 5.91 Å². The first-order valence-electron chi connectivity index (χ1n) is 8.89. The molecule has 2 aromatic rings. The van der Waals surface area contributed by atoms with E-state index in [1.807, 2.05) is 6.26 Å². The lowest BCUT2D eigenvalue weighted by Gasteiger charge is -2.30. The Morgan fingerprint density at radius 3 is 2.67 bits per heavy atom. The van der Waals surface area contributed by atoms with E-state index in [4.69, 9.17) is 20.2 Å². The van der Waals surface area contributed by atoms with Crippen molar-refractivity contribution in [3.63, 3.8) is 0 Å². The summed E-state index contributed by atoms with van der Waals surface area (Å²) in [4.78, 5) is 26.3. The van der Waals surface area contributed by atoms with Crippen LogP contribution >= 0.6 is 23.1 Å². The number of thioether (sulfide) groups is 1. The van der Waals surface area contributed by atoms with Crippen LogP contribution in [0.15, 0.2) is 16.7 Å². The Bertz CT molecular complexity index is 762. The van der Waals surface area contributed by atoms with E-state index in [0.717, 1.165) is 41.1 Å². The minimum Gasteiger partial charge on any atom is -0.382 e. The van der Waals surface area contributed by atoms with Crippen molar-refractivity contribution in [2.24, 2.45) is 5.73 Å². The van der Waals surface area contributed by atoms with Crippen LogP contribution in [0.5, 0.6) is 0 Å². The number of ether oxygens (including phenoxy) is 2. The van der Waals surface area contributed by atoms with Gasteiger partial charge in [0.15, 0.2) is 5.82 Å². The van der Waals surface area contributed by atoms with Gasteiger partial charge in [-0.05, 0) is 37.9 Å². The largest absolute Gasteiger partial charge is 0.382 e. The van der Waals surface area contributed by atoms with E-state index in [2.05, 4.69) is 9.97 Å². The molecule has 1 amide bonds. The standard InChI is InChI=1S/C18H24N4O3S2/c1-24-7-8-25-12-5-3-11(4-6-12)14-15(16(19)23)21-17(22-18(14)26-2)13-9-20-10-27-13/h9-12H,3-8H2,1-2H3,(H2,19,23). The number of nitrogens with two attached hydrogens (primary N) is 1. The number of thiazole rings is 1. The summed E-state index contributed by atoms with van der Waals surface area (Å²) in [5, 5.41) is 0.825. The molecule has 2 N–H and O–H groups in total. The number of methoxy groups -OCH3 is 1. The smallest absolute Gasteiger partial charge is 0.267 e. The lowest BCUT2D eigenvalue weighted by Crippen LogP contribution is -2.25. The number of hydrogen-bond donors (Lipinski definition) is 1. The van der Waals surface area contributed by atoms with Crippen LogP contribution in [0.25, 0.3) is 10.7 Å². The van der Waals surface area contributed by atoms with Crippen molar-refractivity contribution in [2.75, 3.05) is 26.6 Å². The highest BCUT2D eigenvalue weighted by molar-refractivity contribution is 7.98. The molecule has 7 nitrogen and oxygen atoms in total. The molecule has 27 heavy (non-hydrogen) atoms. The van der Waals surface area contributed by atoms with Crippen LogP contribution in [0.2, 0.25) is 0 Å². The zero-order valence-corrected chi connectivity index (χ0v) is 17.1. The zero-order chi connectivity index (χ0) is 19.2. The van der Waals surface area contributed by atoms with Gasteiger partial charge in [0, 0.05) is 18.9 Å². The number of carbonyl (C=O) groups is 1. The summed E-state index contributed by atoms with van der Waals surface area (Å²) in [6.07, 6.45) is 7.64. The summed E-state index contributed by atoms with van der Waals surface area (Å²) in [5.41, 5.74) is 8.63. The van der Waals surface area contributed by atoms with Crippen LogP contribution in [0.4, 0.5) is 0 Å². The summed E-state index contributed by atoms with van der Waals surface area (Å²) < 4.78 is 10.9. The second-order valence-electron chi connectivity index (χ2n) is 6.39. The van der Waals surface area contributed by atoms with Gasteiger partial charge < -0.3 is 15.2 Å². The number of rotatable bonds is 8. The zero-order valence-electron chi connectivity index (χ0n) is 15.5. The van der Waals surface area contributed by atoms with Gasteiger partial charge in [0.25, 0.3) is 5.91 Å². The van der Waals surface area contributed by atoms with E-state index in [-0.39, 0.29) is 12.0 Å². The Morgan fingerprint density at radius 1 is 1.30 bits per heavy atom. The number of carbonyl (C=O) groups excluding carboxylic acids is 1. The van der Waals surface area contributed by atoms with Crippen LogP contribution in [0.1, 0.15) is 47.7 Å². The third-order valence-corrected chi connectivity index (χ3v) is 6.18. The van der Waals surface area contributed by atoms with Crippen molar-refractivity contribution in [1.82, 2.24) is 15.0 Å². The first-order valence-corrected chi connectivity index (χ1v) is 11.0. The molecular formula is C18H24N4O3S2. The summed E-state index contributed by atoms with van der Waals surface area (Å²) in [5.74, 6) is 0.218. The number of aromatic nitrogens is 3. The van der Waals surface area contributed by atoms with Crippen LogP contribution in [0.3, 0.4) is 0 Å². The SMILES string of the molecule is COCCOC1CCC(c2c(SC)nc(-c3cncs3)nc2C(N)=O)CC1. The number of nitrogens with zero attached hydrogens (tertiary/aromatic N) is 3. The van der Waals surface area contributed by atoms with Crippen LogP contribution in [-0.2, 0) is 9.47 Å². The number of primary amides is 1. The second-order valence-corrected chi connectivity index (χ2v) is 8.07. The predicted molar refractivity (Wildman–Crippen MR) is 106 cm³/mol. The van der Waals surface area contributed by atoms with Crippen molar-refractivity contribution in [3.8, 4) is 10.7 Å². The fourth-order valence-electron chi connectivity index (χ4n) is 3.41. The molecule has 146 valence electrons. The molecule has 1 aliphatic carbocycles. The molecule has 0 aliphatic heterocycles. The van der Waals surface area contributed by atoms with Gasteiger partial charge >= 0.3 is 0 Å². The first-order chi connectivity index (χ1) is 13.1. The van der Waals surface area contributed by atoms with Gasteiger partial charge in [-0.1, -0.05) is 0 Å². The maximum absolute atomic E-state index is 12.2. The minimum atomic E-state index is -0.507. The van der Waals surface area contributed by atoms with Crippen LogP contribution in [0, 0.1) is 0 Å². The van der Waals surface area contributed by atoms with Crippen molar-refractivity contribution in [2.45, 2.75) is 42.7 Å². The third kappa shape index (κ3) is 4.84. The first kappa shape index (κ1) is 20.2. The maximum atomic E-state index is 12.2. The molecule has 0 saturated heterocycles. The minimum absolute atomic E-state index is 0.215. The second kappa shape index (κ2) is 9.59. The Kier molecular flexibility index (Phi) is 7.17. The van der Waals surface area contributed by atoms with E-state index >= 15 is 0 Å². The van der Waals surface area contributed by atoms with Crippen molar-refractivity contribution >= 4 is 29.0 Å². The maximum Gasteiger partial charge on any atom is 0.267 e. The van der Waals surface area contributed by atoms with Crippen molar-refractivity contribution in [1.29, 1.82) is 0 Å². The van der Waals surface area contributed by atoms with E-state index in [1.165, 1.54) is 23.1 Å². The molecule has 1 aliphatic rings. The lowest BCUT2D eigenvalue weighted by molar-refractivity contribution is -0.00297. The topological polar surface area (TPSA) is 100 Å². The third-order valence-electron chi connectivity index (χ3n) is 4.71. The fraction of sp³-hybridized carbons (Fsp3) is 0.556. The Hall–Kier alpha value is -1.55. The molecule has 0 aromatic carbocycles. The Morgan fingerprint density at radius 2 is 2.07 bits per heavy atom. The van der Waals surface area contributed by atoms with Crippen LogP contribution in [-0.4, -0.2) is 53.5 Å². The van der Waals surface area contributed by atoms with E-state index in [9.17, 15) is 4.79 Å². The van der Waals surface area contributed by atoms with E-state index in [1.54, 1.807) is 18.8 Å². The van der Waals surface area contributed by atoms with Gasteiger partial charge in [0.05, 0.1) is 29.7 Å². The van der Waals surface area contributed by atoms with Crippen LogP contribution < -0.4 is 5.73 Å². The molecule has 0 radical (unpaired) electrons. The molecule has 1 saturated carbocycles. The van der Waals surface area contributed by atoms with E-state index in [0.29, 0.717) is 24.7 Å². The normalized spacial score (nSPS) is 19.9. The Labute approximate surface area is 167 Å². The lowest BCUT2D eigenvalue weighted by atomic mass is 9.82. The molecular weight excluding hydrogens is 384 g/mol. The van der Waals surface area contributed by atoms with Gasteiger partial charge in [-0.3, -0.25) is 9.78 Å². The van der Waals surface area contributed by atoms with Gasteiger partial charge in [0.2, 0.25) is 0 Å². The number of amides is 1. The quantitative estimate of drug-likeness (QED) is 0.407. The van der Waals surface area contributed by atoms with Gasteiger partial charge in [-0.25, -0.2) is 9.97 Å². The fourth-order valence-corrected chi connectivity index (χ4v) is 4.63. The average Bonchev–Trinajstić information content (AvgIpc) is 3.22. The van der Waals surface area contributed by atoms with Gasteiger partial charge in [-0.2, -0.15) is 0 Å². The molecule has 0 atom stereocenters. The number of hydrogen-bond acceptors (Lipinski definition) is 8. The highest BCUT2D eigenvalue weighted by atomic mass is 32.2. The Balaban J connectivity index is 1.83. The summed E-state index contributed by atoms with van der Waals surface area (Å²) in [6.45, 7) is 1.22. The summed E-state index contributed by atoms with van der Waals surface area (Å²) >= 11 is 2.97. The molecule has 1 fully saturated rings. The predicted octanol–water partition coefficient (Wildman–Crippen LogP) is 3.11. The molecule has 0 bridgehead atoms. The van der Waals surface area contributed by atoms with Gasteiger partial charge in [-0.15, -0.1) is 23.1 Å². The molecule has 9 heteroatoms. The molecule has 2 aromatic heterocycles.